The van der Waals surface area contributed by atoms with Gasteiger partial charge < -0.3 is 23.8 Å². The van der Waals surface area contributed by atoms with Gasteiger partial charge in [-0.1, -0.05) is 6.07 Å². The maximum atomic E-state index is 12.5. The van der Waals surface area contributed by atoms with Gasteiger partial charge >= 0.3 is 0 Å². The summed E-state index contributed by atoms with van der Waals surface area (Å²) in [6.45, 7) is 0.600. The molecule has 0 unspecified atom stereocenters. The van der Waals surface area contributed by atoms with Gasteiger partial charge in [-0.15, -0.1) is 0 Å². The largest absolute Gasteiger partial charge is 0.493 e. The maximum Gasteiger partial charge on any atom is 0.223 e. The maximum absolute atomic E-state index is 12.5. The third-order valence-electron chi connectivity index (χ3n) is 5.85. The van der Waals surface area contributed by atoms with Crippen LogP contribution in [0, 0.1) is 0 Å². The number of fused-ring (bicyclic) bond motifs is 2. The number of carbonyl (C=O) groups excluding carboxylic acids is 1. The van der Waals surface area contributed by atoms with Crippen molar-refractivity contribution in [2.24, 2.45) is 0 Å². The highest BCUT2D eigenvalue weighted by Gasteiger charge is 2.43. The highest BCUT2D eigenvalue weighted by atomic mass is 16.5. The monoisotopic (exact) mass is 383 g/mol. The van der Waals surface area contributed by atoms with Crippen LogP contribution in [-0.4, -0.2) is 45.3 Å². The Bertz CT molecular complexity index is 910. The molecule has 0 aliphatic carbocycles. The van der Waals surface area contributed by atoms with E-state index in [9.17, 15) is 4.79 Å². The first-order valence-electron chi connectivity index (χ1n) is 9.37. The molecule has 0 bridgehead atoms. The summed E-state index contributed by atoms with van der Waals surface area (Å²) >= 11 is 0. The summed E-state index contributed by atoms with van der Waals surface area (Å²) in [5.41, 5.74) is 3.35. The van der Waals surface area contributed by atoms with Crippen LogP contribution >= 0.6 is 0 Å². The molecule has 2 aromatic rings. The van der Waals surface area contributed by atoms with Gasteiger partial charge in [0, 0.05) is 24.9 Å². The van der Waals surface area contributed by atoms with Gasteiger partial charge in [0.15, 0.2) is 23.0 Å². The normalized spacial score (nSPS) is 20.4. The van der Waals surface area contributed by atoms with Crippen molar-refractivity contribution in [3.05, 3.63) is 47.0 Å². The Balaban J connectivity index is 1.89. The van der Waals surface area contributed by atoms with Crippen LogP contribution in [0.3, 0.4) is 0 Å². The van der Waals surface area contributed by atoms with Crippen molar-refractivity contribution in [1.82, 2.24) is 4.90 Å². The van der Waals surface area contributed by atoms with Gasteiger partial charge in [-0.05, 0) is 47.4 Å². The minimum Gasteiger partial charge on any atom is -0.493 e. The fourth-order valence-electron chi connectivity index (χ4n) is 4.51. The van der Waals surface area contributed by atoms with Crippen molar-refractivity contribution in [3.8, 4) is 23.0 Å². The molecular weight excluding hydrogens is 358 g/mol. The molecule has 2 atom stereocenters. The molecule has 28 heavy (non-hydrogen) atoms. The van der Waals surface area contributed by atoms with Gasteiger partial charge in [0.2, 0.25) is 5.91 Å². The van der Waals surface area contributed by atoms with Gasteiger partial charge in [-0.2, -0.15) is 0 Å². The number of nitrogens with zero attached hydrogens (tertiary/aromatic N) is 1. The number of hydrogen-bond donors (Lipinski definition) is 0. The van der Waals surface area contributed by atoms with E-state index < -0.39 is 0 Å². The number of ether oxygens (including phenoxy) is 4. The molecule has 0 radical (unpaired) electrons. The summed E-state index contributed by atoms with van der Waals surface area (Å²) < 4.78 is 21.9. The predicted molar refractivity (Wildman–Crippen MR) is 105 cm³/mol. The van der Waals surface area contributed by atoms with Crippen LogP contribution in [0.25, 0.3) is 0 Å². The molecule has 148 valence electrons. The van der Waals surface area contributed by atoms with Crippen molar-refractivity contribution < 1.29 is 23.7 Å². The smallest absolute Gasteiger partial charge is 0.223 e. The average Bonchev–Trinajstić information content (AvgIpc) is 3.10. The summed E-state index contributed by atoms with van der Waals surface area (Å²) in [6.07, 6.45) is 1.42. The van der Waals surface area contributed by atoms with Crippen LogP contribution in [0.5, 0.6) is 23.0 Å². The quantitative estimate of drug-likeness (QED) is 0.792. The second-order valence-electron chi connectivity index (χ2n) is 7.13. The van der Waals surface area contributed by atoms with Crippen molar-refractivity contribution in [2.75, 3.05) is 28.4 Å². The molecule has 4 rings (SSSR count). The van der Waals surface area contributed by atoms with Crippen LogP contribution in [0.4, 0.5) is 0 Å². The topological polar surface area (TPSA) is 57.2 Å². The second kappa shape index (κ2) is 7.26. The second-order valence-corrected chi connectivity index (χ2v) is 7.13. The Morgan fingerprint density at radius 3 is 2.18 bits per heavy atom. The first-order chi connectivity index (χ1) is 13.6. The van der Waals surface area contributed by atoms with Crippen LogP contribution in [0.2, 0.25) is 0 Å². The summed E-state index contributed by atoms with van der Waals surface area (Å²) in [5, 5.41) is 0. The Morgan fingerprint density at radius 2 is 1.50 bits per heavy atom. The first-order valence-corrected chi connectivity index (χ1v) is 9.37. The van der Waals surface area contributed by atoms with E-state index in [-0.39, 0.29) is 17.9 Å². The minimum absolute atomic E-state index is 0.0369. The van der Waals surface area contributed by atoms with E-state index in [1.165, 1.54) is 5.56 Å². The SMILES string of the molecule is COc1ccc([C@H]2c3cc(OC)c(OC)cc3CN3C(=O)CC[C@H]23)cc1OC. The van der Waals surface area contributed by atoms with Gasteiger partial charge in [0.25, 0.3) is 0 Å². The minimum atomic E-state index is 0.0369. The van der Waals surface area contributed by atoms with E-state index >= 15 is 0 Å². The molecule has 1 amide bonds. The molecule has 2 aliphatic rings. The summed E-state index contributed by atoms with van der Waals surface area (Å²) in [6, 6.07) is 10.1. The number of carbonyl (C=O) groups is 1. The molecule has 6 nitrogen and oxygen atoms in total. The van der Waals surface area contributed by atoms with Crippen LogP contribution in [-0.2, 0) is 11.3 Å². The Morgan fingerprint density at radius 1 is 0.857 bits per heavy atom. The summed E-state index contributed by atoms with van der Waals surface area (Å²) in [4.78, 5) is 14.5. The zero-order chi connectivity index (χ0) is 19.8. The average molecular weight is 383 g/mol. The van der Waals surface area contributed by atoms with E-state index in [0.717, 1.165) is 17.5 Å². The molecule has 0 spiro atoms. The lowest BCUT2D eigenvalue weighted by Gasteiger charge is -2.39. The molecule has 1 fully saturated rings. The molecule has 0 aromatic heterocycles. The number of methoxy groups -OCH3 is 4. The molecule has 2 heterocycles. The van der Waals surface area contributed by atoms with Crippen molar-refractivity contribution >= 4 is 5.91 Å². The van der Waals surface area contributed by atoms with E-state index in [0.29, 0.717) is 36.0 Å². The fraction of sp³-hybridized carbons (Fsp3) is 0.409. The lowest BCUT2D eigenvalue weighted by Crippen LogP contribution is -2.41. The van der Waals surface area contributed by atoms with Crippen molar-refractivity contribution in [2.45, 2.75) is 31.3 Å². The molecule has 2 aliphatic heterocycles. The number of benzene rings is 2. The van der Waals surface area contributed by atoms with Gasteiger partial charge in [0.1, 0.15) is 0 Å². The molecule has 1 saturated heterocycles. The Hall–Kier alpha value is -2.89. The van der Waals surface area contributed by atoms with Crippen molar-refractivity contribution in [1.29, 1.82) is 0 Å². The standard InChI is InChI=1S/C22H25NO5/c1-25-17-7-5-13(9-18(17)26-2)22-15-11-20(28-4)19(27-3)10-14(15)12-23-16(22)6-8-21(23)24/h5,7,9-11,16,22H,6,8,12H2,1-4H3/t16-,22+/m1/s1. The van der Waals surface area contributed by atoms with Crippen LogP contribution in [0.15, 0.2) is 30.3 Å². The first kappa shape index (κ1) is 18.5. The summed E-state index contributed by atoms with van der Waals surface area (Å²) in [7, 11) is 6.53. The van der Waals surface area contributed by atoms with E-state index in [2.05, 4.69) is 12.1 Å². The third-order valence-corrected chi connectivity index (χ3v) is 5.85. The highest BCUT2D eigenvalue weighted by Crippen LogP contribution is 2.47. The number of rotatable bonds is 5. The highest BCUT2D eigenvalue weighted by molar-refractivity contribution is 5.80. The van der Waals surface area contributed by atoms with E-state index in [1.807, 2.05) is 23.1 Å². The lowest BCUT2D eigenvalue weighted by molar-refractivity contribution is -0.130. The molecule has 6 heteroatoms. The fourth-order valence-corrected chi connectivity index (χ4v) is 4.51. The zero-order valence-electron chi connectivity index (χ0n) is 16.7. The number of hydrogen-bond acceptors (Lipinski definition) is 5. The van der Waals surface area contributed by atoms with Gasteiger partial charge in [-0.3, -0.25) is 4.79 Å². The number of amides is 1. The lowest BCUT2D eigenvalue weighted by atomic mass is 9.78. The Kier molecular flexibility index (Phi) is 4.79. The van der Waals surface area contributed by atoms with Gasteiger partial charge in [-0.25, -0.2) is 0 Å². The third kappa shape index (κ3) is 2.84. The van der Waals surface area contributed by atoms with E-state index in [1.54, 1.807) is 28.4 Å². The van der Waals surface area contributed by atoms with Gasteiger partial charge in [0.05, 0.1) is 28.4 Å². The van der Waals surface area contributed by atoms with Crippen molar-refractivity contribution in [3.63, 3.8) is 0 Å². The molecule has 0 N–H and O–H groups in total. The zero-order valence-corrected chi connectivity index (χ0v) is 16.7. The van der Waals surface area contributed by atoms with Crippen LogP contribution in [0.1, 0.15) is 35.4 Å². The molecule has 2 aromatic carbocycles. The summed E-state index contributed by atoms with van der Waals surface area (Å²) in [5.74, 6) is 2.99. The molecular formula is C22H25NO5. The predicted octanol–water partition coefficient (Wildman–Crippen LogP) is 3.36. The van der Waals surface area contributed by atoms with Crippen LogP contribution < -0.4 is 18.9 Å². The Labute approximate surface area is 165 Å². The molecule has 0 saturated carbocycles. The van der Waals surface area contributed by atoms with E-state index in [4.69, 9.17) is 18.9 Å².